The zero-order valence-corrected chi connectivity index (χ0v) is 13.6. The molecule has 0 fully saturated rings. The zero-order valence-electron chi connectivity index (χ0n) is 13.6. The van der Waals surface area contributed by atoms with Gasteiger partial charge in [-0.3, -0.25) is 0 Å². The molecule has 23 heavy (non-hydrogen) atoms. The van der Waals surface area contributed by atoms with E-state index < -0.39 is 0 Å². The van der Waals surface area contributed by atoms with E-state index in [1.165, 1.54) is 11.1 Å². The van der Waals surface area contributed by atoms with Crippen molar-refractivity contribution in [2.75, 3.05) is 14.2 Å². The summed E-state index contributed by atoms with van der Waals surface area (Å²) in [5.74, 6) is 1.74. The van der Waals surface area contributed by atoms with Crippen molar-refractivity contribution in [2.24, 2.45) is 0 Å². The van der Waals surface area contributed by atoms with Gasteiger partial charge in [-0.05, 0) is 60.4 Å². The average Bonchev–Trinajstić information content (AvgIpc) is 2.62. The summed E-state index contributed by atoms with van der Waals surface area (Å²) in [5, 5.41) is 0. The Morgan fingerprint density at radius 2 is 1.04 bits per heavy atom. The number of benzene rings is 2. The Hall–Kier alpha value is -2.68. The van der Waals surface area contributed by atoms with Crippen LogP contribution in [0.3, 0.4) is 0 Å². The summed E-state index contributed by atoms with van der Waals surface area (Å²) < 4.78 is 15.6. The number of hydrogen-bond donors (Lipinski definition) is 0. The van der Waals surface area contributed by atoms with E-state index in [9.17, 15) is 0 Å². The van der Waals surface area contributed by atoms with Crippen molar-refractivity contribution < 1.29 is 14.2 Å². The highest BCUT2D eigenvalue weighted by atomic mass is 16.5. The summed E-state index contributed by atoms with van der Waals surface area (Å²) in [5.41, 5.74) is 2.43. The summed E-state index contributed by atoms with van der Waals surface area (Å²) in [6.45, 7) is 0. The van der Waals surface area contributed by atoms with Gasteiger partial charge in [-0.25, -0.2) is 0 Å². The fourth-order valence-electron chi connectivity index (χ4n) is 2.05. The second-order valence-corrected chi connectivity index (χ2v) is 4.98. The van der Waals surface area contributed by atoms with Crippen molar-refractivity contribution in [3.63, 3.8) is 0 Å². The average molecular weight is 310 g/mol. The van der Waals surface area contributed by atoms with Crippen LogP contribution in [-0.4, -0.2) is 14.2 Å². The Labute approximate surface area is 137 Å². The molecule has 0 heterocycles. The van der Waals surface area contributed by atoms with Crippen LogP contribution in [0, 0.1) is 0 Å². The van der Waals surface area contributed by atoms with Gasteiger partial charge < -0.3 is 14.2 Å². The third-order valence-corrected chi connectivity index (χ3v) is 3.37. The number of hydrogen-bond acceptors (Lipinski definition) is 3. The van der Waals surface area contributed by atoms with Crippen LogP contribution in [0.2, 0.25) is 0 Å². The Morgan fingerprint density at radius 3 is 1.39 bits per heavy atom. The topological polar surface area (TPSA) is 27.7 Å². The fourth-order valence-corrected chi connectivity index (χ4v) is 2.05. The van der Waals surface area contributed by atoms with Crippen LogP contribution < -0.4 is 9.47 Å². The second kappa shape index (κ2) is 9.36. The van der Waals surface area contributed by atoms with E-state index in [4.69, 9.17) is 14.2 Å². The van der Waals surface area contributed by atoms with Gasteiger partial charge in [0.05, 0.1) is 26.7 Å². The van der Waals surface area contributed by atoms with E-state index in [0.717, 1.165) is 24.3 Å². The highest BCUT2D eigenvalue weighted by molar-refractivity contribution is 5.29. The number of ether oxygens (including phenoxy) is 3. The van der Waals surface area contributed by atoms with Crippen LogP contribution in [-0.2, 0) is 17.6 Å². The fraction of sp³-hybridized carbons (Fsp3) is 0.200. The molecular formula is C20H22O3. The molecule has 0 aromatic heterocycles. The number of methoxy groups -OCH3 is 2. The lowest BCUT2D eigenvalue weighted by molar-refractivity contribution is 0.399. The van der Waals surface area contributed by atoms with Gasteiger partial charge in [0.25, 0.3) is 0 Å². The molecule has 3 nitrogen and oxygen atoms in total. The first-order valence-corrected chi connectivity index (χ1v) is 7.53. The molecule has 0 aliphatic rings. The molecule has 0 saturated heterocycles. The molecule has 0 spiro atoms. The van der Waals surface area contributed by atoms with Crippen LogP contribution in [0.1, 0.15) is 11.1 Å². The van der Waals surface area contributed by atoms with Crippen LogP contribution >= 0.6 is 0 Å². The van der Waals surface area contributed by atoms with E-state index in [0.29, 0.717) is 0 Å². The first-order valence-electron chi connectivity index (χ1n) is 7.53. The van der Waals surface area contributed by atoms with Gasteiger partial charge in [0.2, 0.25) is 0 Å². The molecular weight excluding hydrogens is 288 g/mol. The van der Waals surface area contributed by atoms with Crippen LogP contribution in [0.15, 0.2) is 73.2 Å². The molecule has 0 radical (unpaired) electrons. The number of allylic oxidation sites excluding steroid dienone is 2. The Morgan fingerprint density at radius 1 is 0.652 bits per heavy atom. The van der Waals surface area contributed by atoms with Crippen molar-refractivity contribution >= 4 is 0 Å². The quantitative estimate of drug-likeness (QED) is 0.670. The lowest BCUT2D eigenvalue weighted by Gasteiger charge is -2.01. The third kappa shape index (κ3) is 5.91. The van der Waals surface area contributed by atoms with E-state index in [2.05, 4.69) is 0 Å². The van der Waals surface area contributed by atoms with Crippen LogP contribution in [0.5, 0.6) is 11.5 Å². The van der Waals surface area contributed by atoms with E-state index in [1.54, 1.807) is 26.7 Å². The van der Waals surface area contributed by atoms with Crippen LogP contribution in [0.4, 0.5) is 0 Å². The second-order valence-electron chi connectivity index (χ2n) is 4.98. The first kappa shape index (κ1) is 16.7. The van der Waals surface area contributed by atoms with Gasteiger partial charge in [-0.2, -0.15) is 0 Å². The summed E-state index contributed by atoms with van der Waals surface area (Å²) in [4.78, 5) is 0. The number of rotatable bonds is 8. The lowest BCUT2D eigenvalue weighted by atomic mass is 10.1. The highest BCUT2D eigenvalue weighted by Crippen LogP contribution is 2.12. The highest BCUT2D eigenvalue weighted by Gasteiger charge is 1.92. The van der Waals surface area contributed by atoms with Crippen molar-refractivity contribution in [1.29, 1.82) is 0 Å². The summed E-state index contributed by atoms with van der Waals surface area (Å²) in [6, 6.07) is 16.0. The molecule has 0 amide bonds. The Kier molecular flexibility index (Phi) is 6.79. The third-order valence-electron chi connectivity index (χ3n) is 3.37. The maximum Gasteiger partial charge on any atom is 0.118 e. The minimum atomic E-state index is 0.830. The summed E-state index contributed by atoms with van der Waals surface area (Å²) >= 11 is 0. The lowest BCUT2D eigenvalue weighted by Crippen LogP contribution is -1.85. The molecule has 0 saturated carbocycles. The molecule has 0 N–H and O–H groups in total. The van der Waals surface area contributed by atoms with Crippen molar-refractivity contribution in [3.8, 4) is 11.5 Å². The Balaban J connectivity index is 1.68. The largest absolute Gasteiger partial charge is 0.497 e. The van der Waals surface area contributed by atoms with E-state index in [-0.39, 0.29) is 0 Å². The van der Waals surface area contributed by atoms with Crippen molar-refractivity contribution in [1.82, 2.24) is 0 Å². The predicted molar refractivity (Wildman–Crippen MR) is 92.8 cm³/mol. The molecule has 120 valence electrons. The van der Waals surface area contributed by atoms with Crippen LogP contribution in [0.25, 0.3) is 0 Å². The molecule has 2 aromatic carbocycles. The molecule has 0 bridgehead atoms. The predicted octanol–water partition coefficient (Wildman–Crippen LogP) is 4.53. The standard InChI is InChI=1S/C20H22O3/c1-21-19-11-7-17(8-12-19)5-3-15-23-16-4-6-18-9-13-20(22-2)14-10-18/h3-4,7-16H,5-6H2,1-2H3. The maximum atomic E-state index is 5.36. The van der Waals surface area contributed by atoms with Crippen molar-refractivity contribution in [3.05, 3.63) is 84.3 Å². The Bertz CT molecular complexity index is 567. The molecule has 2 rings (SSSR count). The van der Waals surface area contributed by atoms with Gasteiger partial charge in [0.15, 0.2) is 0 Å². The SMILES string of the molecule is COc1ccc(CC=COC=CCc2ccc(OC)cc2)cc1. The minimum Gasteiger partial charge on any atom is -0.497 e. The maximum absolute atomic E-state index is 5.36. The minimum absolute atomic E-state index is 0.830. The summed E-state index contributed by atoms with van der Waals surface area (Å²) in [7, 11) is 3.34. The van der Waals surface area contributed by atoms with Gasteiger partial charge in [0.1, 0.15) is 11.5 Å². The molecule has 3 heteroatoms. The molecule has 0 atom stereocenters. The summed E-state index contributed by atoms with van der Waals surface area (Å²) in [6.07, 6.45) is 9.04. The van der Waals surface area contributed by atoms with Gasteiger partial charge in [-0.15, -0.1) is 0 Å². The van der Waals surface area contributed by atoms with Crippen molar-refractivity contribution in [2.45, 2.75) is 12.8 Å². The molecule has 0 aliphatic carbocycles. The zero-order chi connectivity index (χ0) is 16.3. The van der Waals surface area contributed by atoms with E-state index in [1.807, 2.05) is 60.7 Å². The monoisotopic (exact) mass is 310 g/mol. The van der Waals surface area contributed by atoms with Gasteiger partial charge >= 0.3 is 0 Å². The normalized spacial score (nSPS) is 11.0. The molecule has 0 aliphatic heterocycles. The first-order chi connectivity index (χ1) is 11.3. The van der Waals surface area contributed by atoms with Gasteiger partial charge in [-0.1, -0.05) is 24.3 Å². The van der Waals surface area contributed by atoms with Gasteiger partial charge in [0, 0.05) is 0 Å². The smallest absolute Gasteiger partial charge is 0.118 e. The van der Waals surface area contributed by atoms with E-state index >= 15 is 0 Å². The molecule has 0 unspecified atom stereocenters. The molecule has 2 aromatic rings.